The molecule has 34 heavy (non-hydrogen) atoms. The summed E-state index contributed by atoms with van der Waals surface area (Å²) in [6.07, 6.45) is 0.848. The van der Waals surface area contributed by atoms with Gasteiger partial charge in [0.25, 0.3) is 5.56 Å². The van der Waals surface area contributed by atoms with Crippen LogP contribution in [0.4, 0.5) is 0 Å². The van der Waals surface area contributed by atoms with Gasteiger partial charge in [0.05, 0.1) is 12.0 Å². The molecular weight excluding hydrogens is 426 g/mol. The minimum absolute atomic E-state index is 0.00398. The van der Waals surface area contributed by atoms with E-state index in [0.717, 1.165) is 24.2 Å². The van der Waals surface area contributed by atoms with Gasteiger partial charge in [0.1, 0.15) is 0 Å². The van der Waals surface area contributed by atoms with Gasteiger partial charge in [-0.3, -0.25) is 14.5 Å². The zero-order valence-corrected chi connectivity index (χ0v) is 19.7. The topological polar surface area (TPSA) is 65.8 Å². The molecule has 3 heterocycles. The molecule has 0 spiro atoms. The second-order valence-electron chi connectivity index (χ2n) is 9.54. The Balaban J connectivity index is 1.58. The molecule has 2 aromatic carbocycles. The summed E-state index contributed by atoms with van der Waals surface area (Å²) in [6.45, 7) is 1.16. The lowest BCUT2D eigenvalue weighted by atomic mass is 9.86. The number of nitrogens with zero attached hydrogens (tertiary/aromatic N) is 3. The van der Waals surface area contributed by atoms with Crippen molar-refractivity contribution >= 4 is 5.91 Å². The Morgan fingerprint density at radius 2 is 1.68 bits per heavy atom. The number of hydrogen-bond acceptors (Lipinski definition) is 4. The zero-order chi connectivity index (χ0) is 23.8. The van der Waals surface area contributed by atoms with E-state index in [-0.39, 0.29) is 36.1 Å². The Hall–Kier alpha value is -3.22. The molecule has 6 nitrogen and oxygen atoms in total. The maximum Gasteiger partial charge on any atom is 0.258 e. The standard InChI is InChI=1S/C28H31N3O3/c1-29(2)28(34)25-22(18-32)24-17-31-23(14-13-21(27(31)33)20-11-7-4-8-12-20)26(25)30(24)16-15-19-9-5-3-6-10-19/h3-14,22,24-26,32H,15-18H2,1-2H3/t22-,24-,25+,26+/m1/s1. The normalized spacial score (nSPS) is 23.5. The van der Waals surface area contributed by atoms with Crippen LogP contribution >= 0.6 is 0 Å². The molecule has 1 aromatic heterocycles. The third kappa shape index (κ3) is 3.77. The number of aliphatic hydroxyl groups excluding tert-OH is 1. The second kappa shape index (κ2) is 9.20. The molecule has 1 saturated heterocycles. The van der Waals surface area contributed by atoms with Gasteiger partial charge in [-0.1, -0.05) is 60.7 Å². The van der Waals surface area contributed by atoms with E-state index >= 15 is 0 Å². The van der Waals surface area contributed by atoms with Crippen LogP contribution in [0.2, 0.25) is 0 Å². The average Bonchev–Trinajstić information content (AvgIpc) is 3.08. The highest BCUT2D eigenvalue weighted by Crippen LogP contribution is 2.48. The van der Waals surface area contributed by atoms with Crippen LogP contribution in [0.1, 0.15) is 17.3 Å². The monoisotopic (exact) mass is 457 g/mol. The molecule has 1 amide bonds. The summed E-state index contributed by atoms with van der Waals surface area (Å²) in [6, 6.07) is 23.6. The van der Waals surface area contributed by atoms with Crippen molar-refractivity contribution in [3.63, 3.8) is 0 Å². The molecule has 2 aliphatic heterocycles. The summed E-state index contributed by atoms with van der Waals surface area (Å²) in [7, 11) is 3.53. The van der Waals surface area contributed by atoms with E-state index in [9.17, 15) is 14.7 Å². The number of aliphatic hydroxyl groups is 1. The first-order valence-electron chi connectivity index (χ1n) is 11.9. The molecule has 2 bridgehead atoms. The minimum atomic E-state index is -0.392. The maximum absolute atomic E-state index is 13.6. The first-order valence-corrected chi connectivity index (χ1v) is 11.9. The SMILES string of the molecule is CN(C)C(=O)[C@H]1[C@H](CO)[C@H]2Cn3c(ccc(-c4ccccc4)c3=O)[C@@H]1N2CCc1ccccc1. The number of rotatable bonds is 6. The third-order valence-electron chi connectivity index (χ3n) is 7.48. The number of pyridine rings is 1. The van der Waals surface area contributed by atoms with Crippen LogP contribution in [0.3, 0.4) is 0 Å². The molecule has 4 atom stereocenters. The first kappa shape index (κ1) is 22.6. The van der Waals surface area contributed by atoms with Crippen molar-refractivity contribution in [2.45, 2.75) is 25.0 Å². The lowest BCUT2D eigenvalue weighted by Crippen LogP contribution is -2.47. The van der Waals surface area contributed by atoms with Gasteiger partial charge in [-0.05, 0) is 29.7 Å². The van der Waals surface area contributed by atoms with E-state index in [1.807, 2.05) is 65.2 Å². The summed E-state index contributed by atoms with van der Waals surface area (Å²) in [5.74, 6) is -0.615. The predicted molar refractivity (Wildman–Crippen MR) is 132 cm³/mol. The number of carbonyl (C=O) groups excluding carboxylic acids is 1. The number of benzene rings is 2. The number of aromatic nitrogens is 1. The fourth-order valence-corrected chi connectivity index (χ4v) is 5.85. The largest absolute Gasteiger partial charge is 0.396 e. The van der Waals surface area contributed by atoms with Crippen LogP contribution in [0.25, 0.3) is 11.1 Å². The van der Waals surface area contributed by atoms with E-state index in [2.05, 4.69) is 17.0 Å². The summed E-state index contributed by atoms with van der Waals surface area (Å²) < 4.78 is 1.85. The molecule has 176 valence electrons. The van der Waals surface area contributed by atoms with Gasteiger partial charge < -0.3 is 14.6 Å². The Bertz CT molecular complexity index is 1220. The van der Waals surface area contributed by atoms with Crippen molar-refractivity contribution in [1.29, 1.82) is 0 Å². The van der Waals surface area contributed by atoms with Gasteiger partial charge in [-0.15, -0.1) is 0 Å². The van der Waals surface area contributed by atoms with Gasteiger partial charge in [0, 0.05) is 57.0 Å². The Morgan fingerprint density at radius 1 is 1.00 bits per heavy atom. The van der Waals surface area contributed by atoms with Gasteiger partial charge in [0.2, 0.25) is 5.91 Å². The van der Waals surface area contributed by atoms with Crippen LogP contribution < -0.4 is 5.56 Å². The lowest BCUT2D eigenvalue weighted by molar-refractivity contribution is -0.135. The Labute approximate surface area is 200 Å². The zero-order valence-electron chi connectivity index (χ0n) is 19.7. The van der Waals surface area contributed by atoms with Gasteiger partial charge in [-0.25, -0.2) is 0 Å². The number of hydrogen-bond donors (Lipinski definition) is 1. The van der Waals surface area contributed by atoms with Crippen molar-refractivity contribution < 1.29 is 9.90 Å². The average molecular weight is 458 g/mol. The Kier molecular flexibility index (Phi) is 6.11. The fourth-order valence-electron chi connectivity index (χ4n) is 5.85. The molecule has 0 radical (unpaired) electrons. The molecule has 0 unspecified atom stereocenters. The van der Waals surface area contributed by atoms with Crippen molar-refractivity contribution in [2.24, 2.45) is 11.8 Å². The molecular formula is C28H31N3O3. The molecule has 0 saturated carbocycles. The summed E-state index contributed by atoms with van der Waals surface area (Å²) >= 11 is 0. The van der Waals surface area contributed by atoms with E-state index in [0.29, 0.717) is 12.1 Å². The first-order chi connectivity index (χ1) is 16.5. The van der Waals surface area contributed by atoms with Gasteiger partial charge in [0.15, 0.2) is 0 Å². The number of fused-ring (bicyclic) bond motifs is 4. The molecule has 3 aromatic rings. The molecule has 5 rings (SSSR count). The van der Waals surface area contributed by atoms with Crippen molar-refractivity contribution in [2.75, 3.05) is 27.2 Å². The maximum atomic E-state index is 13.6. The highest BCUT2D eigenvalue weighted by atomic mass is 16.3. The van der Waals surface area contributed by atoms with Crippen LogP contribution in [-0.2, 0) is 17.8 Å². The van der Waals surface area contributed by atoms with Crippen LogP contribution in [-0.4, -0.2) is 58.7 Å². The molecule has 2 aliphatic rings. The summed E-state index contributed by atoms with van der Waals surface area (Å²) in [5, 5.41) is 10.4. The third-order valence-corrected chi connectivity index (χ3v) is 7.48. The number of amides is 1. The highest BCUT2D eigenvalue weighted by Gasteiger charge is 2.55. The summed E-state index contributed by atoms with van der Waals surface area (Å²) in [4.78, 5) is 30.9. The van der Waals surface area contributed by atoms with E-state index in [1.54, 1.807) is 19.0 Å². The highest BCUT2D eigenvalue weighted by molar-refractivity contribution is 5.80. The van der Waals surface area contributed by atoms with Crippen molar-refractivity contribution in [3.05, 3.63) is 94.4 Å². The summed E-state index contributed by atoms with van der Waals surface area (Å²) in [5.41, 5.74) is 3.63. The molecule has 6 heteroatoms. The van der Waals surface area contributed by atoms with E-state index < -0.39 is 5.92 Å². The molecule has 0 aliphatic carbocycles. The van der Waals surface area contributed by atoms with E-state index in [4.69, 9.17) is 0 Å². The quantitative estimate of drug-likeness (QED) is 0.618. The fraction of sp³-hybridized carbons (Fsp3) is 0.357. The van der Waals surface area contributed by atoms with Crippen LogP contribution in [0.15, 0.2) is 77.6 Å². The lowest BCUT2D eigenvalue weighted by Gasteiger charge is -2.38. The van der Waals surface area contributed by atoms with Gasteiger partial charge >= 0.3 is 0 Å². The number of carbonyl (C=O) groups is 1. The smallest absolute Gasteiger partial charge is 0.258 e. The van der Waals surface area contributed by atoms with Gasteiger partial charge in [-0.2, -0.15) is 0 Å². The predicted octanol–water partition coefficient (Wildman–Crippen LogP) is 2.81. The van der Waals surface area contributed by atoms with E-state index in [1.165, 1.54) is 5.56 Å². The van der Waals surface area contributed by atoms with Crippen LogP contribution in [0.5, 0.6) is 0 Å². The molecule has 1 fully saturated rings. The Morgan fingerprint density at radius 3 is 2.32 bits per heavy atom. The second-order valence-corrected chi connectivity index (χ2v) is 9.54. The minimum Gasteiger partial charge on any atom is -0.396 e. The van der Waals surface area contributed by atoms with Crippen molar-refractivity contribution in [3.8, 4) is 11.1 Å². The van der Waals surface area contributed by atoms with Crippen molar-refractivity contribution in [1.82, 2.24) is 14.4 Å². The van der Waals surface area contributed by atoms with Crippen LogP contribution in [0, 0.1) is 11.8 Å². The molecule has 1 N–H and O–H groups in total.